The van der Waals surface area contributed by atoms with Crippen LogP contribution in [0.4, 0.5) is 0 Å². The van der Waals surface area contributed by atoms with Crippen LogP contribution in [0.25, 0.3) is 0 Å². The maximum Gasteiger partial charge on any atom is 0.267 e. The van der Waals surface area contributed by atoms with Crippen LogP contribution in [-0.4, -0.2) is 28.8 Å². The predicted octanol–water partition coefficient (Wildman–Crippen LogP) is 2.59. The first kappa shape index (κ1) is 19.4. The van der Waals surface area contributed by atoms with Gasteiger partial charge in [-0.25, -0.2) is 4.68 Å². The zero-order chi connectivity index (χ0) is 19.4. The lowest BCUT2D eigenvalue weighted by molar-refractivity contribution is -0.123. The van der Waals surface area contributed by atoms with Crippen molar-refractivity contribution in [1.29, 1.82) is 0 Å². The van der Waals surface area contributed by atoms with Gasteiger partial charge in [-0.15, -0.1) is 0 Å². The van der Waals surface area contributed by atoms with E-state index in [1.54, 1.807) is 18.2 Å². The number of halogens is 1. The number of carbonyl (C=O) groups excluding carboxylic acids is 1. The van der Waals surface area contributed by atoms with E-state index in [0.29, 0.717) is 23.9 Å². The molecule has 1 amide bonds. The van der Waals surface area contributed by atoms with Crippen molar-refractivity contribution in [3.05, 3.63) is 56.0 Å². The largest absolute Gasteiger partial charge is 0.484 e. The number of amides is 1. The van der Waals surface area contributed by atoms with E-state index in [1.165, 1.54) is 4.68 Å². The smallest absolute Gasteiger partial charge is 0.267 e. The number of rotatable bonds is 6. The number of aromatic nitrogens is 2. The molecular formula is C20H24ClN3O3. The van der Waals surface area contributed by atoms with Crippen LogP contribution < -0.4 is 15.6 Å². The molecule has 1 heterocycles. The van der Waals surface area contributed by atoms with E-state index in [4.69, 9.17) is 16.3 Å². The third-order valence-electron chi connectivity index (χ3n) is 4.70. The highest BCUT2D eigenvalue weighted by atomic mass is 35.5. The van der Waals surface area contributed by atoms with Gasteiger partial charge in [-0.2, -0.15) is 5.10 Å². The number of nitrogens with one attached hydrogen (secondary N) is 1. The van der Waals surface area contributed by atoms with Crippen LogP contribution in [0.3, 0.4) is 0 Å². The normalized spacial score (nSPS) is 13.1. The molecule has 27 heavy (non-hydrogen) atoms. The van der Waals surface area contributed by atoms with Gasteiger partial charge in [-0.05, 0) is 68.4 Å². The van der Waals surface area contributed by atoms with Crippen molar-refractivity contribution in [3.8, 4) is 5.75 Å². The Morgan fingerprint density at radius 3 is 2.67 bits per heavy atom. The highest BCUT2D eigenvalue weighted by Gasteiger charge is 2.13. The van der Waals surface area contributed by atoms with Crippen molar-refractivity contribution in [2.24, 2.45) is 0 Å². The second kappa shape index (κ2) is 8.57. The minimum Gasteiger partial charge on any atom is -0.484 e. The Morgan fingerprint density at radius 2 is 1.93 bits per heavy atom. The van der Waals surface area contributed by atoms with Crippen LogP contribution in [0.2, 0.25) is 5.02 Å². The highest BCUT2D eigenvalue weighted by Crippen LogP contribution is 2.25. The number of nitrogens with zero attached hydrogens (tertiary/aromatic N) is 2. The first-order valence-corrected chi connectivity index (χ1v) is 9.58. The molecule has 2 aromatic rings. The molecule has 1 aromatic heterocycles. The van der Waals surface area contributed by atoms with Crippen LogP contribution in [-0.2, 0) is 24.2 Å². The van der Waals surface area contributed by atoms with Gasteiger partial charge >= 0.3 is 0 Å². The van der Waals surface area contributed by atoms with Crippen molar-refractivity contribution in [3.63, 3.8) is 0 Å². The van der Waals surface area contributed by atoms with E-state index in [2.05, 4.69) is 10.4 Å². The van der Waals surface area contributed by atoms with Crippen LogP contribution in [0.5, 0.6) is 5.75 Å². The predicted molar refractivity (Wildman–Crippen MR) is 105 cm³/mol. The molecule has 3 rings (SSSR count). The molecule has 0 bridgehead atoms. The number of fused-ring (bicyclic) bond motifs is 1. The molecule has 1 aliphatic rings. The summed E-state index contributed by atoms with van der Waals surface area (Å²) in [6.07, 6.45) is 4.06. The lowest BCUT2D eigenvalue weighted by Gasteiger charge is -2.16. The Bertz CT molecular complexity index is 885. The van der Waals surface area contributed by atoms with Crippen LogP contribution in [0.15, 0.2) is 23.0 Å². The maximum absolute atomic E-state index is 12.1. The first-order valence-electron chi connectivity index (χ1n) is 9.20. The highest BCUT2D eigenvalue weighted by molar-refractivity contribution is 6.32. The third kappa shape index (κ3) is 4.89. The van der Waals surface area contributed by atoms with E-state index in [0.717, 1.165) is 48.1 Å². The molecule has 6 nitrogen and oxygen atoms in total. The Kier molecular flexibility index (Phi) is 6.16. The van der Waals surface area contributed by atoms with Crippen molar-refractivity contribution in [1.82, 2.24) is 15.1 Å². The minimum absolute atomic E-state index is 0.0903. The van der Waals surface area contributed by atoms with Gasteiger partial charge in [0, 0.05) is 17.6 Å². The van der Waals surface area contributed by atoms with E-state index in [1.807, 2.05) is 13.8 Å². The summed E-state index contributed by atoms with van der Waals surface area (Å²) < 4.78 is 6.96. The summed E-state index contributed by atoms with van der Waals surface area (Å²) in [6, 6.07) is 5.29. The van der Waals surface area contributed by atoms with E-state index >= 15 is 0 Å². The minimum atomic E-state index is -0.244. The average molecular weight is 390 g/mol. The van der Waals surface area contributed by atoms with Crippen LogP contribution >= 0.6 is 11.6 Å². The summed E-state index contributed by atoms with van der Waals surface area (Å²) in [6.45, 7) is 4.37. The summed E-state index contributed by atoms with van der Waals surface area (Å²) in [4.78, 5) is 24.1. The van der Waals surface area contributed by atoms with Crippen molar-refractivity contribution >= 4 is 17.5 Å². The molecule has 1 N–H and O–H groups in total. The molecule has 1 aliphatic carbocycles. The lowest BCUT2D eigenvalue weighted by Crippen LogP contribution is -2.35. The Balaban J connectivity index is 1.49. The molecule has 0 spiro atoms. The van der Waals surface area contributed by atoms with Gasteiger partial charge in [0.1, 0.15) is 5.75 Å². The Morgan fingerprint density at radius 1 is 1.22 bits per heavy atom. The maximum atomic E-state index is 12.1. The standard InChI is InChI=1S/C20H24ClN3O3/c1-13-9-16(10-14(2)20(13)21)27-12-18(25)22-7-8-24-19(26)11-15-5-3-4-6-17(15)23-24/h9-11H,3-8,12H2,1-2H3,(H,22,25). The number of ether oxygens (including phenoxy) is 1. The molecule has 0 fully saturated rings. The molecule has 0 saturated heterocycles. The number of benzene rings is 1. The zero-order valence-electron chi connectivity index (χ0n) is 15.7. The molecule has 0 aliphatic heterocycles. The van der Waals surface area contributed by atoms with Crippen LogP contribution in [0.1, 0.15) is 35.2 Å². The molecular weight excluding hydrogens is 366 g/mol. The second-order valence-electron chi connectivity index (χ2n) is 6.89. The molecule has 7 heteroatoms. The number of hydrogen-bond acceptors (Lipinski definition) is 4. The van der Waals surface area contributed by atoms with E-state index < -0.39 is 0 Å². The Hall–Kier alpha value is -2.34. The Labute approximate surface area is 163 Å². The fraction of sp³-hybridized carbons (Fsp3) is 0.450. The lowest BCUT2D eigenvalue weighted by atomic mass is 9.97. The zero-order valence-corrected chi connectivity index (χ0v) is 16.4. The first-order chi connectivity index (χ1) is 12.9. The van der Waals surface area contributed by atoms with Gasteiger partial charge in [0.15, 0.2) is 6.61 Å². The van der Waals surface area contributed by atoms with E-state index in [9.17, 15) is 9.59 Å². The van der Waals surface area contributed by atoms with Gasteiger partial charge in [-0.3, -0.25) is 9.59 Å². The topological polar surface area (TPSA) is 73.2 Å². The van der Waals surface area contributed by atoms with Gasteiger partial charge in [0.05, 0.1) is 12.2 Å². The number of aryl methyl sites for hydroxylation is 4. The summed E-state index contributed by atoms with van der Waals surface area (Å²) in [5, 5.41) is 7.90. The van der Waals surface area contributed by atoms with Gasteiger partial charge in [0.2, 0.25) is 0 Å². The fourth-order valence-electron chi connectivity index (χ4n) is 3.25. The van der Waals surface area contributed by atoms with E-state index in [-0.39, 0.29) is 18.1 Å². The molecule has 1 aromatic carbocycles. The molecule has 0 unspecified atom stereocenters. The van der Waals surface area contributed by atoms with Gasteiger partial charge in [-0.1, -0.05) is 11.6 Å². The quantitative estimate of drug-likeness (QED) is 0.824. The second-order valence-corrected chi connectivity index (χ2v) is 7.27. The van der Waals surface area contributed by atoms with Crippen LogP contribution in [0, 0.1) is 13.8 Å². The summed E-state index contributed by atoms with van der Waals surface area (Å²) >= 11 is 6.13. The summed E-state index contributed by atoms with van der Waals surface area (Å²) in [7, 11) is 0. The number of carbonyl (C=O) groups is 1. The van der Waals surface area contributed by atoms with Crippen molar-refractivity contribution in [2.45, 2.75) is 46.1 Å². The molecule has 0 radical (unpaired) electrons. The summed E-state index contributed by atoms with van der Waals surface area (Å²) in [5.41, 5.74) is 3.76. The number of hydrogen-bond donors (Lipinski definition) is 1. The SMILES string of the molecule is Cc1cc(OCC(=O)NCCn2nc3c(cc2=O)CCCC3)cc(C)c1Cl. The third-order valence-corrected chi connectivity index (χ3v) is 5.30. The van der Waals surface area contributed by atoms with Gasteiger partial charge < -0.3 is 10.1 Å². The fourth-order valence-corrected chi connectivity index (χ4v) is 3.36. The molecule has 0 saturated carbocycles. The summed E-state index contributed by atoms with van der Waals surface area (Å²) in [5.74, 6) is 0.364. The average Bonchev–Trinajstić information content (AvgIpc) is 2.64. The van der Waals surface area contributed by atoms with Crippen molar-refractivity contribution in [2.75, 3.05) is 13.2 Å². The molecule has 144 valence electrons. The van der Waals surface area contributed by atoms with Gasteiger partial charge in [0.25, 0.3) is 11.5 Å². The monoisotopic (exact) mass is 389 g/mol. The van der Waals surface area contributed by atoms with Crippen molar-refractivity contribution < 1.29 is 9.53 Å². The molecule has 0 atom stereocenters.